The molecule has 1 aromatic rings. The van der Waals surface area contributed by atoms with Crippen molar-refractivity contribution in [3.05, 3.63) is 29.8 Å². The van der Waals surface area contributed by atoms with Crippen molar-refractivity contribution in [2.24, 2.45) is 0 Å². The van der Waals surface area contributed by atoms with Crippen molar-refractivity contribution in [2.45, 2.75) is 37.6 Å². The van der Waals surface area contributed by atoms with Crippen molar-refractivity contribution >= 4 is 29.4 Å². The largest absolute Gasteiger partial charge is 0.335 e. The maximum atomic E-state index is 13.0. The van der Waals surface area contributed by atoms with E-state index in [1.54, 1.807) is 31.3 Å². The number of hydrogen-bond acceptors (Lipinski definition) is 4. The molecule has 1 heterocycles. The molecule has 2 aliphatic rings. The molecule has 1 saturated carbocycles. The molecule has 5 amide bonds. The second-order valence-electron chi connectivity index (χ2n) is 7.85. The second kappa shape index (κ2) is 8.57. The Balaban J connectivity index is 1.60. The molecule has 1 aliphatic carbocycles. The summed E-state index contributed by atoms with van der Waals surface area (Å²) in [6.45, 7) is -0.587. The summed E-state index contributed by atoms with van der Waals surface area (Å²) >= 11 is 0. The SMILES string of the molecule is C#Cc1cccc(NC(=O)CN(C)C(=O)CN2C(=O)N(C)C3(CCCCC3)C2=O)c1. The van der Waals surface area contributed by atoms with E-state index in [1.165, 1.54) is 16.8 Å². The molecule has 1 spiro atoms. The fourth-order valence-electron chi connectivity index (χ4n) is 4.12. The zero-order valence-corrected chi connectivity index (χ0v) is 17.3. The molecule has 1 N–H and O–H groups in total. The summed E-state index contributed by atoms with van der Waals surface area (Å²) in [5.74, 6) is 1.29. The number of likely N-dealkylation sites (N-methyl/N-ethyl adjacent to an activating group) is 2. The van der Waals surface area contributed by atoms with Crippen molar-refractivity contribution in [3.8, 4) is 12.3 Å². The van der Waals surface area contributed by atoms with Crippen molar-refractivity contribution in [1.82, 2.24) is 14.7 Å². The molecule has 0 unspecified atom stereocenters. The number of nitrogens with one attached hydrogen (secondary N) is 1. The number of carbonyl (C=O) groups excluding carboxylic acids is 4. The highest BCUT2D eigenvalue weighted by atomic mass is 16.2. The van der Waals surface area contributed by atoms with Gasteiger partial charge in [-0.3, -0.25) is 19.3 Å². The van der Waals surface area contributed by atoms with Gasteiger partial charge in [0.2, 0.25) is 11.8 Å². The van der Waals surface area contributed by atoms with Crippen LogP contribution in [-0.4, -0.2) is 71.2 Å². The summed E-state index contributed by atoms with van der Waals surface area (Å²) in [5, 5.41) is 2.68. The third-order valence-electron chi connectivity index (χ3n) is 5.90. The molecule has 0 aromatic heterocycles. The Labute approximate surface area is 176 Å². The summed E-state index contributed by atoms with van der Waals surface area (Å²) in [6.07, 6.45) is 9.39. The molecule has 8 nitrogen and oxygen atoms in total. The van der Waals surface area contributed by atoms with E-state index < -0.39 is 23.4 Å². The Bertz CT molecular complexity index is 914. The number of imide groups is 1. The van der Waals surface area contributed by atoms with E-state index in [9.17, 15) is 19.2 Å². The van der Waals surface area contributed by atoms with Gasteiger partial charge in [0, 0.05) is 25.3 Å². The molecule has 1 aliphatic heterocycles. The highest BCUT2D eigenvalue weighted by Gasteiger charge is 2.55. The van der Waals surface area contributed by atoms with E-state index in [0.29, 0.717) is 24.1 Å². The Hall–Kier alpha value is -3.34. The number of benzene rings is 1. The molecule has 30 heavy (non-hydrogen) atoms. The smallest absolute Gasteiger partial charge is 0.327 e. The van der Waals surface area contributed by atoms with Gasteiger partial charge in [-0.1, -0.05) is 31.2 Å². The lowest BCUT2D eigenvalue weighted by atomic mass is 9.81. The third-order valence-corrected chi connectivity index (χ3v) is 5.90. The van der Waals surface area contributed by atoms with Crippen LogP contribution in [0.2, 0.25) is 0 Å². The van der Waals surface area contributed by atoms with Crippen LogP contribution < -0.4 is 5.32 Å². The van der Waals surface area contributed by atoms with E-state index >= 15 is 0 Å². The third kappa shape index (κ3) is 4.01. The number of nitrogens with zero attached hydrogens (tertiary/aromatic N) is 3. The quantitative estimate of drug-likeness (QED) is 0.591. The van der Waals surface area contributed by atoms with Crippen LogP contribution in [0.5, 0.6) is 0 Å². The number of hydrogen-bond donors (Lipinski definition) is 1. The molecular weight excluding hydrogens is 384 g/mol. The first kappa shape index (κ1) is 21.4. The minimum absolute atomic E-state index is 0.212. The maximum Gasteiger partial charge on any atom is 0.327 e. The summed E-state index contributed by atoms with van der Waals surface area (Å²) in [4.78, 5) is 54.2. The fraction of sp³-hybridized carbons (Fsp3) is 0.455. The average molecular weight is 410 g/mol. The Kier molecular flexibility index (Phi) is 6.11. The number of rotatable bonds is 5. The molecule has 1 aromatic carbocycles. The highest BCUT2D eigenvalue weighted by molar-refractivity contribution is 6.09. The second-order valence-corrected chi connectivity index (χ2v) is 7.85. The minimum Gasteiger partial charge on any atom is -0.335 e. The Morgan fingerprint density at radius 3 is 2.60 bits per heavy atom. The van der Waals surface area contributed by atoms with E-state index in [1.807, 2.05) is 0 Å². The van der Waals surface area contributed by atoms with Crippen LogP contribution in [-0.2, 0) is 14.4 Å². The predicted molar refractivity (Wildman–Crippen MR) is 111 cm³/mol. The van der Waals surface area contributed by atoms with Gasteiger partial charge in [-0.05, 0) is 31.0 Å². The fourth-order valence-corrected chi connectivity index (χ4v) is 4.12. The van der Waals surface area contributed by atoms with Gasteiger partial charge in [-0.2, -0.15) is 0 Å². The molecule has 0 radical (unpaired) electrons. The lowest BCUT2D eigenvalue weighted by molar-refractivity contribution is -0.140. The first-order chi connectivity index (χ1) is 14.3. The van der Waals surface area contributed by atoms with Crippen LogP contribution in [0.25, 0.3) is 0 Å². The van der Waals surface area contributed by atoms with Gasteiger partial charge in [-0.15, -0.1) is 6.42 Å². The van der Waals surface area contributed by atoms with E-state index in [-0.39, 0.29) is 19.0 Å². The average Bonchev–Trinajstić information content (AvgIpc) is 2.90. The van der Waals surface area contributed by atoms with Crippen LogP contribution in [0.15, 0.2) is 24.3 Å². The van der Waals surface area contributed by atoms with Gasteiger partial charge in [0.1, 0.15) is 12.1 Å². The van der Waals surface area contributed by atoms with Crippen molar-refractivity contribution in [1.29, 1.82) is 0 Å². The zero-order chi connectivity index (χ0) is 21.9. The van der Waals surface area contributed by atoms with Gasteiger partial charge in [0.15, 0.2) is 0 Å². The number of anilines is 1. The summed E-state index contributed by atoms with van der Waals surface area (Å²) in [5.41, 5.74) is 0.333. The van der Waals surface area contributed by atoms with Crippen LogP contribution in [0.1, 0.15) is 37.7 Å². The monoisotopic (exact) mass is 410 g/mol. The number of carbonyl (C=O) groups is 4. The molecular formula is C22H26N4O4. The molecule has 0 atom stereocenters. The maximum absolute atomic E-state index is 13.0. The van der Waals surface area contributed by atoms with Crippen LogP contribution in [0.3, 0.4) is 0 Å². The summed E-state index contributed by atoms with van der Waals surface area (Å²) in [7, 11) is 3.09. The topological polar surface area (TPSA) is 90.0 Å². The number of urea groups is 1. The van der Waals surface area contributed by atoms with Crippen LogP contribution in [0, 0.1) is 12.3 Å². The standard InChI is InChI=1S/C22H26N4O4/c1-4-16-9-8-10-17(13-16)23-18(27)14-24(2)19(28)15-26-20(29)22(25(3)21(26)30)11-6-5-7-12-22/h1,8-10,13H,5-7,11-12,14-15H2,2-3H3,(H,23,27). The van der Waals surface area contributed by atoms with E-state index in [2.05, 4.69) is 11.2 Å². The van der Waals surface area contributed by atoms with Gasteiger partial charge >= 0.3 is 6.03 Å². The highest BCUT2D eigenvalue weighted by Crippen LogP contribution is 2.39. The van der Waals surface area contributed by atoms with Crippen molar-refractivity contribution in [2.75, 3.05) is 32.5 Å². The molecule has 158 valence electrons. The number of terminal acetylenes is 1. The Morgan fingerprint density at radius 2 is 1.93 bits per heavy atom. The van der Waals surface area contributed by atoms with Crippen LogP contribution in [0.4, 0.5) is 10.5 Å². The lowest BCUT2D eigenvalue weighted by Crippen LogP contribution is -2.49. The minimum atomic E-state index is -0.826. The van der Waals surface area contributed by atoms with Gasteiger partial charge in [0.25, 0.3) is 5.91 Å². The normalized spacial score (nSPS) is 17.8. The summed E-state index contributed by atoms with van der Waals surface area (Å²) in [6, 6.07) is 6.36. The molecule has 0 bridgehead atoms. The van der Waals surface area contributed by atoms with Crippen molar-refractivity contribution < 1.29 is 19.2 Å². The van der Waals surface area contributed by atoms with E-state index in [0.717, 1.165) is 24.2 Å². The molecule has 1 saturated heterocycles. The lowest BCUT2D eigenvalue weighted by Gasteiger charge is -2.35. The van der Waals surface area contributed by atoms with E-state index in [4.69, 9.17) is 6.42 Å². The first-order valence-corrected chi connectivity index (χ1v) is 9.99. The predicted octanol–water partition coefficient (Wildman–Crippen LogP) is 1.66. The van der Waals surface area contributed by atoms with Gasteiger partial charge < -0.3 is 15.1 Å². The van der Waals surface area contributed by atoms with Crippen molar-refractivity contribution in [3.63, 3.8) is 0 Å². The molecule has 2 fully saturated rings. The van der Waals surface area contributed by atoms with Gasteiger partial charge in [0.05, 0.1) is 6.54 Å². The molecule has 8 heteroatoms. The Morgan fingerprint density at radius 1 is 1.23 bits per heavy atom. The summed E-state index contributed by atoms with van der Waals surface area (Å²) < 4.78 is 0. The number of amides is 5. The zero-order valence-electron chi connectivity index (χ0n) is 17.3. The van der Waals surface area contributed by atoms with Crippen LogP contribution >= 0.6 is 0 Å². The first-order valence-electron chi connectivity index (χ1n) is 9.99. The van der Waals surface area contributed by atoms with Gasteiger partial charge in [-0.25, -0.2) is 4.79 Å². The molecule has 3 rings (SSSR count).